The summed E-state index contributed by atoms with van der Waals surface area (Å²) in [5.74, 6) is 0.616. The maximum Gasteiger partial charge on any atom is 0.254 e. The largest absolute Gasteiger partial charge is 0.381 e. The third-order valence-electron chi connectivity index (χ3n) is 8.71. The summed E-state index contributed by atoms with van der Waals surface area (Å²) in [7, 11) is -3.92. The summed E-state index contributed by atoms with van der Waals surface area (Å²) in [4.78, 5) is 24.2. The van der Waals surface area contributed by atoms with Crippen LogP contribution in [0.1, 0.15) is 46.0 Å². The fourth-order valence-electron chi connectivity index (χ4n) is 6.47. The lowest BCUT2D eigenvalue weighted by atomic mass is 9.90. The molecule has 2 saturated heterocycles. The molecule has 1 amide bonds. The van der Waals surface area contributed by atoms with Crippen molar-refractivity contribution in [3.63, 3.8) is 0 Å². The molecule has 0 spiro atoms. The van der Waals surface area contributed by atoms with E-state index in [1.165, 1.54) is 6.07 Å². The number of sulfonamides is 1. The average Bonchev–Trinajstić information content (AvgIpc) is 2.99. The number of pyridine rings is 1. The molecule has 2 aliphatic rings. The number of nitriles is 1. The highest BCUT2D eigenvalue weighted by atomic mass is 32.2. The van der Waals surface area contributed by atoms with Crippen LogP contribution in [0.4, 0.5) is 17.2 Å². The highest BCUT2D eigenvalue weighted by molar-refractivity contribution is 7.89. The Morgan fingerprint density at radius 2 is 1.74 bits per heavy atom. The second kappa shape index (κ2) is 12.2. The number of piperidine rings is 1. The summed E-state index contributed by atoms with van der Waals surface area (Å²) in [6.07, 6.45) is 2.46. The molecule has 2 fully saturated rings. The predicted molar refractivity (Wildman–Crippen MR) is 169 cm³/mol. The van der Waals surface area contributed by atoms with E-state index in [0.717, 1.165) is 47.6 Å². The summed E-state index contributed by atoms with van der Waals surface area (Å²) in [6, 6.07) is 15.4. The van der Waals surface area contributed by atoms with Crippen molar-refractivity contribution in [2.24, 2.45) is 11.1 Å². The van der Waals surface area contributed by atoms with Gasteiger partial charge in [0.15, 0.2) is 0 Å². The maximum absolute atomic E-state index is 13.9. The van der Waals surface area contributed by atoms with Gasteiger partial charge in [-0.2, -0.15) is 5.26 Å². The van der Waals surface area contributed by atoms with E-state index >= 15 is 0 Å². The molecule has 0 saturated carbocycles. The van der Waals surface area contributed by atoms with E-state index in [2.05, 4.69) is 41.2 Å². The Kier molecular flexibility index (Phi) is 8.62. The molecule has 0 aliphatic carbocycles. The summed E-state index contributed by atoms with van der Waals surface area (Å²) in [6.45, 7) is 11.7. The van der Waals surface area contributed by atoms with Crippen LogP contribution >= 0.6 is 0 Å². The zero-order valence-electron chi connectivity index (χ0n) is 25.2. The molecule has 5 rings (SSSR count). The minimum atomic E-state index is -3.92. The van der Waals surface area contributed by atoms with E-state index < -0.39 is 10.0 Å². The van der Waals surface area contributed by atoms with Gasteiger partial charge in [0, 0.05) is 62.8 Å². The van der Waals surface area contributed by atoms with E-state index in [0.29, 0.717) is 49.0 Å². The third kappa shape index (κ3) is 6.17. The van der Waals surface area contributed by atoms with Crippen molar-refractivity contribution in [2.75, 3.05) is 54.4 Å². The zero-order valence-corrected chi connectivity index (χ0v) is 26.0. The summed E-state index contributed by atoms with van der Waals surface area (Å²) in [5, 5.41) is 18.8. The Morgan fingerprint density at radius 3 is 2.42 bits per heavy atom. The van der Waals surface area contributed by atoms with E-state index in [9.17, 15) is 18.5 Å². The number of hydrogen-bond donors (Lipinski definition) is 2. The van der Waals surface area contributed by atoms with Gasteiger partial charge in [0.2, 0.25) is 10.0 Å². The first-order valence-corrected chi connectivity index (χ1v) is 16.2. The molecular formula is C32H39N7O3S. The van der Waals surface area contributed by atoms with Gasteiger partial charge in [0.25, 0.3) is 5.91 Å². The molecule has 3 N–H and O–H groups in total. The second-order valence-corrected chi connectivity index (χ2v) is 13.2. The smallest absolute Gasteiger partial charge is 0.254 e. The highest BCUT2D eigenvalue weighted by Gasteiger charge is 2.31. The number of carbonyl (C=O) groups is 1. The average molecular weight is 602 g/mol. The van der Waals surface area contributed by atoms with E-state index in [4.69, 9.17) is 5.14 Å². The van der Waals surface area contributed by atoms with Gasteiger partial charge in [-0.05, 0) is 74.1 Å². The number of piperazine rings is 1. The van der Waals surface area contributed by atoms with Gasteiger partial charge in [-0.15, -0.1) is 0 Å². The number of para-hydroxylation sites is 1. The molecule has 3 aromatic rings. The van der Waals surface area contributed by atoms with Gasteiger partial charge in [-0.1, -0.05) is 25.1 Å². The van der Waals surface area contributed by atoms with Crippen molar-refractivity contribution >= 4 is 33.1 Å². The van der Waals surface area contributed by atoms with Crippen molar-refractivity contribution < 1.29 is 13.2 Å². The SMILES string of the molecule is Cc1cc(C)c(C(=O)N2CCN(c3ncccc3S(N)(=O)=O)CC2)c(C)c1N[C@H]1CCN(c2ccccc2C#N)C[C@H]1C. The molecule has 2 aromatic carbocycles. The Balaban J connectivity index is 1.30. The Labute approximate surface area is 254 Å². The predicted octanol–water partition coefficient (Wildman–Crippen LogP) is 3.82. The van der Waals surface area contributed by atoms with Crippen molar-refractivity contribution in [3.8, 4) is 6.07 Å². The molecule has 10 nitrogen and oxygen atoms in total. The molecule has 0 radical (unpaired) electrons. The fourth-order valence-corrected chi connectivity index (χ4v) is 7.17. The lowest BCUT2D eigenvalue weighted by Crippen LogP contribution is -2.49. The fraction of sp³-hybridized carbons (Fsp3) is 0.406. The van der Waals surface area contributed by atoms with E-state index in [1.54, 1.807) is 12.3 Å². The van der Waals surface area contributed by atoms with Crippen LogP contribution < -0.4 is 20.3 Å². The van der Waals surface area contributed by atoms with Crippen molar-refractivity contribution in [1.82, 2.24) is 9.88 Å². The number of nitrogens with zero attached hydrogens (tertiary/aromatic N) is 5. The first-order chi connectivity index (χ1) is 20.5. The van der Waals surface area contributed by atoms with Crippen LogP contribution in [-0.2, 0) is 10.0 Å². The standard InChI is InChI=1S/C32H39N7O3S/c1-21-18-22(2)30(36-26-11-13-39(20-23(26)3)27-9-6-5-8-25(27)19-33)24(4)29(21)32(40)38-16-14-37(15-17-38)31-28(43(34,41)42)10-7-12-35-31/h5-10,12,18,23,26,36H,11,13-17,20H2,1-4H3,(H2,34,41,42)/t23-,26+/m1/s1. The molecule has 1 aromatic heterocycles. The number of rotatable bonds is 6. The Hall–Kier alpha value is -4.14. The van der Waals surface area contributed by atoms with E-state index in [1.807, 2.05) is 47.9 Å². The van der Waals surface area contributed by atoms with Crippen LogP contribution in [-0.4, -0.2) is 69.5 Å². The molecule has 11 heteroatoms. The Bertz CT molecular complexity index is 1680. The number of aryl methyl sites for hydroxylation is 2. The van der Waals surface area contributed by atoms with Crippen molar-refractivity contribution in [1.29, 1.82) is 5.26 Å². The quantitative estimate of drug-likeness (QED) is 0.435. The minimum Gasteiger partial charge on any atom is -0.381 e. The number of carbonyl (C=O) groups excluding carboxylic acids is 1. The minimum absolute atomic E-state index is 0.00921. The van der Waals surface area contributed by atoms with Gasteiger partial charge in [0.1, 0.15) is 16.8 Å². The molecule has 0 bridgehead atoms. The van der Waals surface area contributed by atoms with Crippen LogP contribution in [0, 0.1) is 38.0 Å². The topological polar surface area (TPSA) is 136 Å². The number of benzene rings is 2. The zero-order chi connectivity index (χ0) is 30.9. The number of nitrogens with two attached hydrogens (primary N) is 1. The molecule has 3 heterocycles. The maximum atomic E-state index is 13.9. The highest BCUT2D eigenvalue weighted by Crippen LogP contribution is 2.33. The molecule has 2 aliphatic heterocycles. The lowest BCUT2D eigenvalue weighted by Gasteiger charge is -2.40. The van der Waals surface area contributed by atoms with Crippen LogP contribution in [0.2, 0.25) is 0 Å². The number of primary sulfonamides is 1. The van der Waals surface area contributed by atoms with Crippen LogP contribution in [0.5, 0.6) is 0 Å². The van der Waals surface area contributed by atoms with Crippen molar-refractivity contribution in [2.45, 2.75) is 45.1 Å². The second-order valence-electron chi connectivity index (χ2n) is 11.6. The number of aromatic nitrogens is 1. The number of nitrogens with one attached hydrogen (secondary N) is 1. The molecule has 0 unspecified atom stereocenters. The van der Waals surface area contributed by atoms with Gasteiger partial charge in [-0.25, -0.2) is 18.5 Å². The molecule has 226 valence electrons. The molecular weight excluding hydrogens is 562 g/mol. The van der Waals surface area contributed by atoms with Crippen molar-refractivity contribution in [3.05, 3.63) is 76.5 Å². The monoisotopic (exact) mass is 601 g/mol. The van der Waals surface area contributed by atoms with E-state index in [-0.39, 0.29) is 16.8 Å². The first kappa shape index (κ1) is 30.3. The number of hydrogen-bond acceptors (Lipinski definition) is 8. The van der Waals surface area contributed by atoms with Gasteiger partial charge >= 0.3 is 0 Å². The normalized spacial score (nSPS) is 19.2. The molecule has 2 atom stereocenters. The van der Waals surface area contributed by atoms with Gasteiger partial charge < -0.3 is 20.0 Å². The summed E-state index contributed by atoms with van der Waals surface area (Å²) < 4.78 is 24.2. The summed E-state index contributed by atoms with van der Waals surface area (Å²) in [5.41, 5.74) is 6.36. The van der Waals surface area contributed by atoms with Crippen LogP contribution in [0.3, 0.4) is 0 Å². The lowest BCUT2D eigenvalue weighted by molar-refractivity contribution is 0.0745. The Morgan fingerprint density at radius 1 is 1.02 bits per heavy atom. The van der Waals surface area contributed by atoms with Gasteiger partial charge in [-0.3, -0.25) is 4.79 Å². The summed E-state index contributed by atoms with van der Waals surface area (Å²) >= 11 is 0. The number of amides is 1. The number of anilines is 3. The third-order valence-corrected chi connectivity index (χ3v) is 9.64. The first-order valence-electron chi connectivity index (χ1n) is 14.6. The van der Waals surface area contributed by atoms with Crippen LogP contribution in [0.15, 0.2) is 53.6 Å². The van der Waals surface area contributed by atoms with Crippen LogP contribution in [0.25, 0.3) is 0 Å². The van der Waals surface area contributed by atoms with Gasteiger partial charge in [0.05, 0.1) is 11.3 Å². The molecule has 43 heavy (non-hydrogen) atoms.